The summed E-state index contributed by atoms with van der Waals surface area (Å²) in [6.45, 7) is 6.51. The fraction of sp³-hybridized carbons (Fsp3) is 0.780. The van der Waals surface area contributed by atoms with E-state index in [4.69, 9.17) is 14.2 Å². The van der Waals surface area contributed by atoms with Gasteiger partial charge in [-0.3, -0.25) is 14.4 Å². The van der Waals surface area contributed by atoms with Crippen LogP contribution >= 0.6 is 0 Å². The number of ether oxygens (including phenoxy) is 3. The predicted octanol–water partition coefficient (Wildman–Crippen LogP) is 18.4. The average Bonchev–Trinajstić information content (AvgIpc) is 3.30. The average molecular weight is 909 g/mol. The second kappa shape index (κ2) is 53.7. The molecule has 376 valence electrons. The van der Waals surface area contributed by atoms with Gasteiger partial charge < -0.3 is 14.2 Å². The van der Waals surface area contributed by atoms with Crippen molar-refractivity contribution in [3.63, 3.8) is 0 Å². The van der Waals surface area contributed by atoms with Gasteiger partial charge in [0.15, 0.2) is 6.10 Å². The quantitative estimate of drug-likeness (QED) is 0.0262. The van der Waals surface area contributed by atoms with Crippen molar-refractivity contribution in [3.05, 3.63) is 60.8 Å². The zero-order valence-electron chi connectivity index (χ0n) is 43.0. The highest BCUT2D eigenvalue weighted by atomic mass is 16.6. The molecule has 0 aliphatic rings. The van der Waals surface area contributed by atoms with Gasteiger partial charge in [-0.25, -0.2) is 0 Å². The molecule has 0 fully saturated rings. The first kappa shape index (κ1) is 62.1. The lowest BCUT2D eigenvalue weighted by atomic mass is 10.1. The van der Waals surface area contributed by atoms with E-state index in [0.717, 1.165) is 103 Å². The maximum atomic E-state index is 12.8. The van der Waals surface area contributed by atoms with E-state index in [1.54, 1.807) is 0 Å². The molecule has 0 aromatic rings. The van der Waals surface area contributed by atoms with Gasteiger partial charge in [0.05, 0.1) is 0 Å². The van der Waals surface area contributed by atoms with Crippen LogP contribution in [0.15, 0.2) is 60.8 Å². The topological polar surface area (TPSA) is 78.9 Å². The predicted molar refractivity (Wildman–Crippen MR) is 279 cm³/mol. The summed E-state index contributed by atoms with van der Waals surface area (Å²) in [4.78, 5) is 38.1. The first-order chi connectivity index (χ1) is 32.0. The zero-order chi connectivity index (χ0) is 47.2. The Morgan fingerprint density at radius 1 is 0.323 bits per heavy atom. The van der Waals surface area contributed by atoms with E-state index in [2.05, 4.69) is 81.5 Å². The second-order valence-electron chi connectivity index (χ2n) is 18.5. The SMILES string of the molecule is CC/C=C\C/C=C\C/C=C\CCCCCCCC(=O)OC(COC(=O)CCCCCCC/C=C\CCCCCCC)COC(=O)CCCCCCCCC/C=C\CCCCCCCCC. The molecule has 0 aromatic carbocycles. The Kier molecular flexibility index (Phi) is 51.3. The lowest BCUT2D eigenvalue weighted by molar-refractivity contribution is -0.167. The standard InChI is InChI=1S/C59H104O6/c1-4-7-10-13-16-19-22-25-28-29-30-32-34-37-40-43-46-49-52-58(61)64-55-56(54-63-57(60)51-48-45-42-39-36-33-27-24-21-18-15-12-9-6-3)65-59(62)53-50-47-44-41-38-35-31-26-23-20-17-14-11-8-5-2/h8,11,17,20,24,26-29,31,56H,4-7,9-10,12-16,18-19,21-23,25,30,32-55H2,1-3H3/b11-8-,20-17-,27-24-,29-28-,31-26-. The molecule has 0 rings (SSSR count). The van der Waals surface area contributed by atoms with Crippen molar-refractivity contribution in [1.29, 1.82) is 0 Å². The number of esters is 3. The normalized spacial score (nSPS) is 12.5. The Morgan fingerprint density at radius 3 is 0.954 bits per heavy atom. The minimum atomic E-state index is -0.788. The second-order valence-corrected chi connectivity index (χ2v) is 18.5. The molecule has 0 saturated carbocycles. The van der Waals surface area contributed by atoms with Crippen molar-refractivity contribution in [2.75, 3.05) is 13.2 Å². The van der Waals surface area contributed by atoms with Gasteiger partial charge in [0.25, 0.3) is 0 Å². The van der Waals surface area contributed by atoms with Crippen LogP contribution in [0.25, 0.3) is 0 Å². The van der Waals surface area contributed by atoms with Gasteiger partial charge in [-0.2, -0.15) is 0 Å². The molecule has 0 aliphatic carbocycles. The molecule has 1 atom stereocenters. The van der Waals surface area contributed by atoms with Crippen molar-refractivity contribution in [3.8, 4) is 0 Å². The smallest absolute Gasteiger partial charge is 0.306 e. The van der Waals surface area contributed by atoms with Gasteiger partial charge in [-0.1, -0.05) is 216 Å². The lowest BCUT2D eigenvalue weighted by Gasteiger charge is -2.18. The summed E-state index contributed by atoms with van der Waals surface area (Å²) in [6.07, 6.45) is 66.3. The zero-order valence-corrected chi connectivity index (χ0v) is 43.0. The molecule has 0 bridgehead atoms. The Morgan fingerprint density at radius 2 is 0.600 bits per heavy atom. The lowest BCUT2D eigenvalue weighted by Crippen LogP contribution is -2.30. The number of carbonyl (C=O) groups is 3. The minimum Gasteiger partial charge on any atom is -0.462 e. The van der Waals surface area contributed by atoms with Gasteiger partial charge >= 0.3 is 17.9 Å². The number of carbonyl (C=O) groups excluding carboxylic acids is 3. The number of allylic oxidation sites excluding steroid dienone is 10. The van der Waals surface area contributed by atoms with Crippen LogP contribution in [0, 0.1) is 0 Å². The van der Waals surface area contributed by atoms with E-state index in [9.17, 15) is 14.4 Å². The molecule has 6 heteroatoms. The highest BCUT2D eigenvalue weighted by molar-refractivity contribution is 5.71. The minimum absolute atomic E-state index is 0.0855. The van der Waals surface area contributed by atoms with E-state index in [1.807, 2.05) is 0 Å². The van der Waals surface area contributed by atoms with Crippen LogP contribution in [0.4, 0.5) is 0 Å². The molecule has 0 radical (unpaired) electrons. The number of unbranched alkanes of at least 4 members (excludes halogenated alkanes) is 29. The van der Waals surface area contributed by atoms with Gasteiger partial charge in [0.2, 0.25) is 0 Å². The highest BCUT2D eigenvalue weighted by Crippen LogP contribution is 2.15. The maximum absolute atomic E-state index is 12.8. The van der Waals surface area contributed by atoms with Crippen molar-refractivity contribution in [2.24, 2.45) is 0 Å². The van der Waals surface area contributed by atoms with Crippen LogP contribution in [0.3, 0.4) is 0 Å². The summed E-state index contributed by atoms with van der Waals surface area (Å²) in [7, 11) is 0. The van der Waals surface area contributed by atoms with Crippen LogP contribution in [0.5, 0.6) is 0 Å². The van der Waals surface area contributed by atoms with Crippen LogP contribution in [0.2, 0.25) is 0 Å². The van der Waals surface area contributed by atoms with Crippen LogP contribution in [0.1, 0.15) is 278 Å². The van der Waals surface area contributed by atoms with Crippen molar-refractivity contribution >= 4 is 17.9 Å². The molecule has 0 amide bonds. The van der Waals surface area contributed by atoms with Gasteiger partial charge in [-0.15, -0.1) is 0 Å². The molecular formula is C59H104O6. The monoisotopic (exact) mass is 909 g/mol. The van der Waals surface area contributed by atoms with E-state index < -0.39 is 6.10 Å². The van der Waals surface area contributed by atoms with Crippen molar-refractivity contribution in [1.82, 2.24) is 0 Å². The molecule has 0 N–H and O–H groups in total. The number of rotatable bonds is 50. The summed E-state index contributed by atoms with van der Waals surface area (Å²) >= 11 is 0. The van der Waals surface area contributed by atoms with Crippen LogP contribution in [-0.4, -0.2) is 37.2 Å². The highest BCUT2D eigenvalue weighted by Gasteiger charge is 2.19. The third-order valence-corrected chi connectivity index (χ3v) is 12.0. The fourth-order valence-electron chi connectivity index (χ4n) is 7.80. The van der Waals surface area contributed by atoms with E-state index in [1.165, 1.54) is 135 Å². The molecule has 6 nitrogen and oxygen atoms in total. The summed E-state index contributed by atoms with van der Waals surface area (Å²) in [5.74, 6) is -0.907. The Bertz CT molecular complexity index is 1180. The van der Waals surface area contributed by atoms with Crippen LogP contribution < -0.4 is 0 Å². The third kappa shape index (κ3) is 51.9. The fourth-order valence-corrected chi connectivity index (χ4v) is 7.80. The van der Waals surface area contributed by atoms with Gasteiger partial charge in [-0.05, 0) is 103 Å². The molecule has 65 heavy (non-hydrogen) atoms. The Hall–Kier alpha value is -2.89. The third-order valence-electron chi connectivity index (χ3n) is 12.0. The molecule has 0 saturated heterocycles. The molecule has 0 aliphatic heterocycles. The largest absolute Gasteiger partial charge is 0.462 e. The molecule has 0 spiro atoms. The van der Waals surface area contributed by atoms with Crippen molar-refractivity contribution in [2.45, 2.75) is 284 Å². The maximum Gasteiger partial charge on any atom is 0.306 e. The summed E-state index contributed by atoms with van der Waals surface area (Å²) in [5, 5.41) is 0. The molecular weight excluding hydrogens is 805 g/mol. The van der Waals surface area contributed by atoms with Crippen molar-refractivity contribution < 1.29 is 28.6 Å². The summed E-state index contributed by atoms with van der Waals surface area (Å²) < 4.78 is 16.8. The first-order valence-corrected chi connectivity index (χ1v) is 27.8. The molecule has 1 unspecified atom stereocenters. The summed E-state index contributed by atoms with van der Waals surface area (Å²) in [5.41, 5.74) is 0. The van der Waals surface area contributed by atoms with Crippen LogP contribution in [-0.2, 0) is 28.6 Å². The molecule has 0 heterocycles. The number of hydrogen-bond acceptors (Lipinski definition) is 6. The molecule has 0 aromatic heterocycles. The number of hydrogen-bond donors (Lipinski definition) is 0. The Balaban J connectivity index is 4.40. The van der Waals surface area contributed by atoms with E-state index in [0.29, 0.717) is 19.3 Å². The Labute approximate surface area is 402 Å². The van der Waals surface area contributed by atoms with E-state index >= 15 is 0 Å². The first-order valence-electron chi connectivity index (χ1n) is 27.8. The van der Waals surface area contributed by atoms with Gasteiger partial charge in [0.1, 0.15) is 13.2 Å². The van der Waals surface area contributed by atoms with E-state index in [-0.39, 0.29) is 31.1 Å². The van der Waals surface area contributed by atoms with Gasteiger partial charge in [0, 0.05) is 19.3 Å². The summed E-state index contributed by atoms with van der Waals surface area (Å²) in [6, 6.07) is 0.